The van der Waals surface area contributed by atoms with Crippen LogP contribution in [0.3, 0.4) is 0 Å². The minimum atomic E-state index is -2.23. The predicted molar refractivity (Wildman–Crippen MR) is 50.9 cm³/mol. The van der Waals surface area contributed by atoms with Crippen LogP contribution in [0.5, 0.6) is 0 Å². The van der Waals surface area contributed by atoms with Crippen LogP contribution in [-0.4, -0.2) is 18.6 Å². The van der Waals surface area contributed by atoms with E-state index in [9.17, 15) is 9.18 Å². The lowest BCUT2D eigenvalue weighted by Gasteiger charge is -2.18. The Kier molecular flexibility index (Phi) is 2.68. The first-order valence-electron chi connectivity index (χ1n) is 4.81. The Morgan fingerprint density at radius 2 is 2.13 bits per heavy atom. The van der Waals surface area contributed by atoms with Gasteiger partial charge in [0.2, 0.25) is 0 Å². The molecule has 0 saturated carbocycles. The summed E-state index contributed by atoms with van der Waals surface area (Å²) in [6.07, 6.45) is 0.671. The number of benzene rings is 1. The Morgan fingerprint density at radius 1 is 1.40 bits per heavy atom. The number of rotatable bonds is 2. The van der Waals surface area contributed by atoms with Gasteiger partial charge in [0.25, 0.3) is 0 Å². The summed E-state index contributed by atoms with van der Waals surface area (Å²) < 4.78 is 23.0. The maximum Gasteiger partial charge on any atom is 0.365 e. The Hall–Kier alpha value is -1.42. The lowest BCUT2D eigenvalue weighted by Crippen LogP contribution is -2.28. The van der Waals surface area contributed by atoms with Crippen LogP contribution in [0.15, 0.2) is 30.3 Å². The summed E-state index contributed by atoms with van der Waals surface area (Å²) in [6, 6.07) is 6.07. The zero-order valence-electron chi connectivity index (χ0n) is 8.11. The van der Waals surface area contributed by atoms with Gasteiger partial charge in [-0.3, -0.25) is 0 Å². The van der Waals surface area contributed by atoms with Crippen LogP contribution in [0.2, 0.25) is 0 Å². The molecule has 0 radical (unpaired) electrons. The molecular weight excluding hydrogens is 199 g/mol. The molecule has 0 aromatic heterocycles. The minimum absolute atomic E-state index is 0.103. The summed E-state index contributed by atoms with van der Waals surface area (Å²) in [5.74, 6) is -0.694. The monoisotopic (exact) mass is 210 g/mol. The van der Waals surface area contributed by atoms with Crippen molar-refractivity contribution in [1.29, 1.82) is 0 Å². The molecule has 0 bridgehead atoms. The summed E-state index contributed by atoms with van der Waals surface area (Å²) >= 11 is 0. The summed E-state index contributed by atoms with van der Waals surface area (Å²) in [5.41, 5.74) is 0.324. The third kappa shape index (κ3) is 2.33. The van der Waals surface area contributed by atoms with E-state index in [0.717, 1.165) is 0 Å². The van der Waals surface area contributed by atoms with Crippen molar-refractivity contribution in [1.82, 2.24) is 0 Å². The van der Waals surface area contributed by atoms with Crippen LogP contribution in [0.1, 0.15) is 23.2 Å². The Labute approximate surface area is 86.8 Å². The first kappa shape index (κ1) is 10.1. The van der Waals surface area contributed by atoms with Crippen molar-refractivity contribution in [3.05, 3.63) is 35.9 Å². The minimum Gasteiger partial charge on any atom is -0.400 e. The normalized spacial score (nSPS) is 25.1. The number of hydrogen-bond acceptors (Lipinski definition) is 3. The molecule has 0 amide bonds. The van der Waals surface area contributed by atoms with E-state index in [1.165, 1.54) is 0 Å². The summed E-state index contributed by atoms with van der Waals surface area (Å²) in [6.45, 7) is 0.290. The van der Waals surface area contributed by atoms with E-state index in [0.29, 0.717) is 18.6 Å². The molecule has 1 saturated heterocycles. The van der Waals surface area contributed by atoms with E-state index >= 15 is 0 Å². The van der Waals surface area contributed by atoms with Gasteiger partial charge in [-0.1, -0.05) is 18.2 Å². The number of carbonyl (C=O) groups excluding carboxylic acids is 1. The number of alkyl halides is 1. The average molecular weight is 210 g/mol. The quantitative estimate of drug-likeness (QED) is 0.702. The van der Waals surface area contributed by atoms with Crippen molar-refractivity contribution in [2.75, 3.05) is 6.61 Å². The highest BCUT2D eigenvalue weighted by Gasteiger charge is 2.39. The van der Waals surface area contributed by atoms with Gasteiger partial charge in [-0.2, -0.15) is 4.39 Å². The molecule has 15 heavy (non-hydrogen) atoms. The van der Waals surface area contributed by atoms with Gasteiger partial charge in [-0.25, -0.2) is 4.79 Å². The second-order valence-electron chi connectivity index (χ2n) is 3.37. The first-order valence-corrected chi connectivity index (χ1v) is 4.81. The molecule has 1 aromatic rings. The zero-order chi connectivity index (χ0) is 10.7. The fourth-order valence-electron chi connectivity index (χ4n) is 1.43. The molecule has 0 N–H and O–H groups in total. The first-order chi connectivity index (χ1) is 7.20. The van der Waals surface area contributed by atoms with E-state index < -0.39 is 12.0 Å². The van der Waals surface area contributed by atoms with Crippen molar-refractivity contribution in [3.63, 3.8) is 0 Å². The molecule has 1 atom stereocenters. The molecule has 80 valence electrons. The molecule has 1 aliphatic heterocycles. The van der Waals surface area contributed by atoms with Gasteiger partial charge in [-0.05, 0) is 18.6 Å². The highest BCUT2D eigenvalue weighted by atomic mass is 19.2. The summed E-state index contributed by atoms with van der Waals surface area (Å²) in [5, 5.41) is 0. The number of halogens is 1. The SMILES string of the molecule is O=C(OC1(F)CCCO1)c1ccccc1. The summed E-state index contributed by atoms with van der Waals surface area (Å²) in [7, 11) is 0. The molecule has 0 spiro atoms. The molecule has 1 aliphatic rings. The molecule has 1 heterocycles. The molecule has 1 fully saturated rings. The fraction of sp³-hybridized carbons (Fsp3) is 0.364. The van der Waals surface area contributed by atoms with Gasteiger partial charge in [0.1, 0.15) is 0 Å². The maximum absolute atomic E-state index is 13.6. The smallest absolute Gasteiger partial charge is 0.365 e. The van der Waals surface area contributed by atoms with Gasteiger partial charge < -0.3 is 9.47 Å². The van der Waals surface area contributed by atoms with Crippen LogP contribution >= 0.6 is 0 Å². The van der Waals surface area contributed by atoms with Crippen molar-refractivity contribution < 1.29 is 18.7 Å². The molecule has 3 nitrogen and oxygen atoms in total. The molecule has 4 heteroatoms. The molecule has 2 rings (SSSR count). The number of ether oxygens (including phenoxy) is 2. The number of esters is 1. The Balaban J connectivity index is 2.04. The van der Waals surface area contributed by atoms with Crippen molar-refractivity contribution in [2.24, 2.45) is 0 Å². The van der Waals surface area contributed by atoms with E-state index in [4.69, 9.17) is 4.74 Å². The average Bonchev–Trinajstić information content (AvgIpc) is 2.66. The van der Waals surface area contributed by atoms with E-state index in [1.54, 1.807) is 30.3 Å². The van der Waals surface area contributed by atoms with E-state index in [2.05, 4.69) is 4.74 Å². The lowest BCUT2D eigenvalue weighted by molar-refractivity contribution is -0.260. The second-order valence-corrected chi connectivity index (χ2v) is 3.37. The van der Waals surface area contributed by atoms with Gasteiger partial charge >= 0.3 is 12.0 Å². The fourth-order valence-corrected chi connectivity index (χ4v) is 1.43. The lowest BCUT2D eigenvalue weighted by atomic mass is 10.2. The highest BCUT2D eigenvalue weighted by Crippen LogP contribution is 2.29. The van der Waals surface area contributed by atoms with Gasteiger partial charge in [-0.15, -0.1) is 0 Å². The third-order valence-electron chi connectivity index (χ3n) is 2.19. The Morgan fingerprint density at radius 3 is 2.73 bits per heavy atom. The summed E-state index contributed by atoms with van der Waals surface area (Å²) in [4.78, 5) is 11.5. The van der Waals surface area contributed by atoms with Crippen molar-refractivity contribution in [3.8, 4) is 0 Å². The second kappa shape index (κ2) is 3.98. The van der Waals surface area contributed by atoms with Gasteiger partial charge in [0, 0.05) is 6.42 Å². The van der Waals surface area contributed by atoms with Crippen LogP contribution < -0.4 is 0 Å². The standard InChI is InChI=1S/C11H11FO3/c12-11(7-4-8-14-11)15-10(13)9-5-2-1-3-6-9/h1-3,5-6H,4,7-8H2. The van der Waals surface area contributed by atoms with E-state index in [-0.39, 0.29) is 6.42 Å². The van der Waals surface area contributed by atoms with E-state index in [1.807, 2.05) is 0 Å². The third-order valence-corrected chi connectivity index (χ3v) is 2.19. The van der Waals surface area contributed by atoms with Gasteiger partial charge in [0.15, 0.2) is 0 Å². The largest absolute Gasteiger partial charge is 0.400 e. The van der Waals surface area contributed by atoms with Crippen molar-refractivity contribution >= 4 is 5.97 Å². The van der Waals surface area contributed by atoms with Crippen LogP contribution in [0.4, 0.5) is 4.39 Å². The number of carbonyl (C=O) groups is 1. The topological polar surface area (TPSA) is 35.5 Å². The zero-order valence-corrected chi connectivity index (χ0v) is 8.11. The highest BCUT2D eigenvalue weighted by molar-refractivity contribution is 5.89. The number of hydrogen-bond donors (Lipinski definition) is 0. The van der Waals surface area contributed by atoms with Crippen molar-refractivity contribution in [2.45, 2.75) is 18.9 Å². The molecule has 1 unspecified atom stereocenters. The predicted octanol–water partition coefficient (Wildman–Crippen LogP) is 2.28. The van der Waals surface area contributed by atoms with Crippen LogP contribution in [0.25, 0.3) is 0 Å². The molecular formula is C11H11FO3. The maximum atomic E-state index is 13.6. The van der Waals surface area contributed by atoms with Gasteiger partial charge in [0.05, 0.1) is 12.2 Å². The van der Waals surface area contributed by atoms with Crippen LogP contribution in [0, 0.1) is 0 Å². The van der Waals surface area contributed by atoms with Crippen LogP contribution in [-0.2, 0) is 9.47 Å². The Bertz CT molecular complexity index is 344. The molecule has 1 aromatic carbocycles. The molecule has 0 aliphatic carbocycles.